The summed E-state index contributed by atoms with van der Waals surface area (Å²) in [5.74, 6) is -1.42. The Morgan fingerprint density at radius 2 is 2.04 bits per heavy atom. The van der Waals surface area contributed by atoms with Crippen molar-refractivity contribution in [3.8, 4) is 0 Å². The molecule has 1 aromatic carbocycles. The average molecular weight is 421 g/mol. The molecule has 2 rings (SSSR count). The van der Waals surface area contributed by atoms with Gasteiger partial charge in [-0.05, 0) is 35.9 Å². The molecule has 2 amide bonds. The van der Waals surface area contributed by atoms with Crippen molar-refractivity contribution in [2.24, 2.45) is 0 Å². The van der Waals surface area contributed by atoms with Crippen LogP contribution in [0.3, 0.4) is 0 Å². The zero-order valence-corrected chi connectivity index (χ0v) is 15.5. The molecule has 1 heterocycles. The molecule has 0 aliphatic rings. The first-order valence-corrected chi connectivity index (χ1v) is 8.48. The standard InChI is InChI=1S/C18H17BrN2O5/c1-12(22)25-9-7-20-17(23)15(11-13-4-2-5-14(19)10-13)21-18(24)16-6-3-8-26-16/h2-6,8,10-11H,7,9H2,1H3,(H,20,23)(H,21,24). The van der Waals surface area contributed by atoms with Crippen molar-refractivity contribution >= 4 is 39.8 Å². The number of hydrogen-bond donors (Lipinski definition) is 2. The van der Waals surface area contributed by atoms with E-state index < -0.39 is 17.8 Å². The lowest BCUT2D eigenvalue weighted by Gasteiger charge is -2.10. The van der Waals surface area contributed by atoms with Crippen molar-refractivity contribution in [2.45, 2.75) is 6.92 Å². The van der Waals surface area contributed by atoms with Gasteiger partial charge in [-0.2, -0.15) is 0 Å². The third-order valence-electron chi connectivity index (χ3n) is 3.09. The summed E-state index contributed by atoms with van der Waals surface area (Å²) in [5, 5.41) is 5.11. The van der Waals surface area contributed by atoms with E-state index in [0.717, 1.165) is 4.47 Å². The average Bonchev–Trinajstić information content (AvgIpc) is 3.12. The van der Waals surface area contributed by atoms with Crippen LogP contribution in [0.5, 0.6) is 0 Å². The van der Waals surface area contributed by atoms with Gasteiger partial charge in [-0.25, -0.2) is 0 Å². The summed E-state index contributed by atoms with van der Waals surface area (Å²) in [7, 11) is 0. The van der Waals surface area contributed by atoms with Gasteiger partial charge in [-0.1, -0.05) is 28.1 Å². The first-order chi connectivity index (χ1) is 12.5. The van der Waals surface area contributed by atoms with Gasteiger partial charge in [-0.3, -0.25) is 14.4 Å². The fourth-order valence-corrected chi connectivity index (χ4v) is 2.38. The van der Waals surface area contributed by atoms with Crippen LogP contribution in [-0.2, 0) is 14.3 Å². The van der Waals surface area contributed by atoms with Crippen LogP contribution in [0.15, 0.2) is 57.2 Å². The molecule has 8 heteroatoms. The molecule has 0 saturated carbocycles. The van der Waals surface area contributed by atoms with Gasteiger partial charge < -0.3 is 19.8 Å². The second kappa shape index (κ2) is 9.57. The minimum Gasteiger partial charge on any atom is -0.464 e. The second-order valence-electron chi connectivity index (χ2n) is 5.14. The zero-order chi connectivity index (χ0) is 18.9. The van der Waals surface area contributed by atoms with Crippen LogP contribution >= 0.6 is 15.9 Å². The SMILES string of the molecule is CC(=O)OCCNC(=O)C(=Cc1cccc(Br)c1)NC(=O)c1ccco1. The molecule has 7 nitrogen and oxygen atoms in total. The number of furan rings is 1. The van der Waals surface area contributed by atoms with Gasteiger partial charge >= 0.3 is 5.97 Å². The molecule has 2 N–H and O–H groups in total. The number of carbonyl (C=O) groups is 3. The van der Waals surface area contributed by atoms with Crippen molar-refractivity contribution in [2.75, 3.05) is 13.2 Å². The minimum absolute atomic E-state index is 0.0346. The highest BCUT2D eigenvalue weighted by Gasteiger charge is 2.16. The summed E-state index contributed by atoms with van der Waals surface area (Å²) in [6, 6.07) is 10.3. The Labute approximate surface area is 158 Å². The molecule has 1 aromatic heterocycles. The van der Waals surface area contributed by atoms with Gasteiger partial charge in [0.15, 0.2) is 5.76 Å². The van der Waals surface area contributed by atoms with Crippen LogP contribution in [-0.4, -0.2) is 30.9 Å². The van der Waals surface area contributed by atoms with Crippen molar-refractivity contribution in [1.82, 2.24) is 10.6 Å². The van der Waals surface area contributed by atoms with E-state index in [-0.39, 0.29) is 24.6 Å². The lowest BCUT2D eigenvalue weighted by molar-refractivity contribution is -0.141. The fourth-order valence-electron chi connectivity index (χ4n) is 1.97. The molecule has 0 atom stereocenters. The topological polar surface area (TPSA) is 97.6 Å². The van der Waals surface area contributed by atoms with E-state index in [9.17, 15) is 14.4 Å². The van der Waals surface area contributed by atoms with Crippen molar-refractivity contribution < 1.29 is 23.5 Å². The smallest absolute Gasteiger partial charge is 0.302 e. The molecule has 0 saturated heterocycles. The van der Waals surface area contributed by atoms with Gasteiger partial charge in [0.2, 0.25) is 0 Å². The number of esters is 1. The van der Waals surface area contributed by atoms with Crippen LogP contribution in [0.1, 0.15) is 23.0 Å². The third-order valence-corrected chi connectivity index (χ3v) is 3.58. The number of hydrogen-bond acceptors (Lipinski definition) is 5. The van der Waals surface area contributed by atoms with E-state index in [1.54, 1.807) is 24.3 Å². The first kappa shape index (κ1) is 19.5. The predicted octanol–water partition coefficient (Wildman–Crippen LogP) is 2.49. The van der Waals surface area contributed by atoms with Crippen molar-refractivity contribution in [3.63, 3.8) is 0 Å². The van der Waals surface area contributed by atoms with E-state index in [1.165, 1.54) is 25.3 Å². The number of nitrogens with one attached hydrogen (secondary N) is 2. The minimum atomic E-state index is -0.550. The highest BCUT2D eigenvalue weighted by molar-refractivity contribution is 9.10. The monoisotopic (exact) mass is 420 g/mol. The summed E-state index contributed by atoms with van der Waals surface area (Å²) < 4.78 is 10.6. The largest absolute Gasteiger partial charge is 0.464 e. The van der Waals surface area contributed by atoms with Gasteiger partial charge in [0.1, 0.15) is 12.3 Å². The van der Waals surface area contributed by atoms with E-state index in [2.05, 4.69) is 26.6 Å². The van der Waals surface area contributed by atoms with Crippen LogP contribution in [0, 0.1) is 0 Å². The van der Waals surface area contributed by atoms with Crippen LogP contribution < -0.4 is 10.6 Å². The normalized spacial score (nSPS) is 10.9. The number of halogens is 1. The van der Waals surface area contributed by atoms with E-state index in [0.29, 0.717) is 5.56 Å². The molecule has 136 valence electrons. The van der Waals surface area contributed by atoms with Crippen LogP contribution in [0.25, 0.3) is 6.08 Å². The Hall–Kier alpha value is -2.87. The molecule has 2 aromatic rings. The summed E-state index contributed by atoms with van der Waals surface area (Å²) in [4.78, 5) is 35.4. The third kappa shape index (κ3) is 6.21. The van der Waals surface area contributed by atoms with E-state index in [1.807, 2.05) is 6.07 Å². The second-order valence-corrected chi connectivity index (χ2v) is 6.06. The summed E-state index contributed by atoms with van der Waals surface area (Å²) in [6.07, 6.45) is 2.90. The fraction of sp³-hybridized carbons (Fsp3) is 0.167. The van der Waals surface area contributed by atoms with E-state index >= 15 is 0 Å². The molecule has 0 radical (unpaired) electrons. The maximum atomic E-state index is 12.4. The molecule has 0 aliphatic carbocycles. The lowest BCUT2D eigenvalue weighted by Crippen LogP contribution is -2.36. The molecule has 0 spiro atoms. The van der Waals surface area contributed by atoms with Crippen LogP contribution in [0.2, 0.25) is 0 Å². The Kier molecular flexibility index (Phi) is 7.16. The molecule has 0 unspecified atom stereocenters. The number of amides is 2. The number of ether oxygens (including phenoxy) is 1. The number of benzene rings is 1. The predicted molar refractivity (Wildman–Crippen MR) is 97.9 cm³/mol. The summed E-state index contributed by atoms with van der Waals surface area (Å²) in [6.45, 7) is 1.44. The number of rotatable bonds is 7. The Balaban J connectivity index is 2.13. The quantitative estimate of drug-likeness (QED) is 0.407. The molecular formula is C18H17BrN2O5. The highest BCUT2D eigenvalue weighted by Crippen LogP contribution is 2.14. The molecular weight excluding hydrogens is 404 g/mol. The number of carbonyl (C=O) groups excluding carboxylic acids is 3. The van der Waals surface area contributed by atoms with Gasteiger partial charge in [0.05, 0.1) is 12.8 Å². The molecule has 0 fully saturated rings. The zero-order valence-electron chi connectivity index (χ0n) is 14.0. The van der Waals surface area contributed by atoms with Crippen molar-refractivity contribution in [1.29, 1.82) is 0 Å². The molecule has 0 bridgehead atoms. The van der Waals surface area contributed by atoms with Gasteiger partial charge in [0.25, 0.3) is 11.8 Å². The first-order valence-electron chi connectivity index (χ1n) is 7.69. The lowest BCUT2D eigenvalue weighted by atomic mass is 10.2. The molecule has 26 heavy (non-hydrogen) atoms. The van der Waals surface area contributed by atoms with Gasteiger partial charge in [0, 0.05) is 11.4 Å². The Morgan fingerprint density at radius 3 is 2.69 bits per heavy atom. The highest BCUT2D eigenvalue weighted by atomic mass is 79.9. The van der Waals surface area contributed by atoms with Crippen LogP contribution in [0.4, 0.5) is 0 Å². The Morgan fingerprint density at radius 1 is 1.23 bits per heavy atom. The molecule has 0 aliphatic heterocycles. The summed E-state index contributed by atoms with van der Waals surface area (Å²) >= 11 is 3.36. The van der Waals surface area contributed by atoms with Crippen molar-refractivity contribution in [3.05, 3.63) is 64.2 Å². The van der Waals surface area contributed by atoms with Gasteiger partial charge in [-0.15, -0.1) is 0 Å². The maximum Gasteiger partial charge on any atom is 0.302 e. The maximum absolute atomic E-state index is 12.4. The summed E-state index contributed by atoms with van der Waals surface area (Å²) in [5.41, 5.74) is 0.747. The Bertz CT molecular complexity index is 815. The van der Waals surface area contributed by atoms with E-state index in [4.69, 9.17) is 9.15 Å².